The number of halogens is 1. The highest BCUT2D eigenvalue weighted by atomic mass is 79.9. The fourth-order valence-electron chi connectivity index (χ4n) is 3.27. The third-order valence-corrected chi connectivity index (χ3v) is 5.14. The Morgan fingerprint density at radius 1 is 1.13 bits per heavy atom. The lowest BCUT2D eigenvalue weighted by Crippen LogP contribution is -2.25. The van der Waals surface area contributed by atoms with Crippen LogP contribution in [0.5, 0.6) is 0 Å². The molecule has 0 aliphatic carbocycles. The van der Waals surface area contributed by atoms with Gasteiger partial charge in [0, 0.05) is 39.7 Å². The Morgan fingerprint density at radius 2 is 1.90 bits per heavy atom. The Hall–Kier alpha value is -3.00. The maximum absolute atomic E-state index is 12.7. The summed E-state index contributed by atoms with van der Waals surface area (Å²) in [4.78, 5) is 36.7. The summed E-state index contributed by atoms with van der Waals surface area (Å²) in [7, 11) is 0. The number of rotatable bonds is 7. The normalized spacial score (nSPS) is 10.8. The number of aryl methyl sites for hydroxylation is 2. The summed E-state index contributed by atoms with van der Waals surface area (Å²) in [5, 5.41) is 4.01. The summed E-state index contributed by atoms with van der Waals surface area (Å²) < 4.78 is 9.29. The number of aromatic nitrogens is 3. The zero-order valence-electron chi connectivity index (χ0n) is 17.0. The molecule has 0 saturated carbocycles. The fourth-order valence-corrected chi connectivity index (χ4v) is 3.66. The maximum atomic E-state index is 12.7. The molecule has 0 unspecified atom stereocenters. The van der Waals surface area contributed by atoms with E-state index in [0.29, 0.717) is 18.5 Å². The molecule has 0 radical (unpaired) electrons. The van der Waals surface area contributed by atoms with Crippen molar-refractivity contribution in [2.75, 3.05) is 6.61 Å². The van der Waals surface area contributed by atoms with Crippen molar-refractivity contribution in [1.29, 1.82) is 0 Å². The van der Waals surface area contributed by atoms with Gasteiger partial charge in [0.1, 0.15) is 0 Å². The van der Waals surface area contributed by atoms with E-state index in [1.165, 1.54) is 16.8 Å². The number of hydrogen-bond acceptors (Lipinski definition) is 5. The van der Waals surface area contributed by atoms with Crippen LogP contribution in [0.1, 0.15) is 45.6 Å². The van der Waals surface area contributed by atoms with Gasteiger partial charge in [0.2, 0.25) is 5.78 Å². The van der Waals surface area contributed by atoms with E-state index < -0.39 is 12.6 Å². The van der Waals surface area contributed by atoms with Crippen LogP contribution in [0.2, 0.25) is 0 Å². The van der Waals surface area contributed by atoms with Crippen molar-refractivity contribution in [3.05, 3.63) is 79.9 Å². The summed E-state index contributed by atoms with van der Waals surface area (Å²) in [5.74, 6) is -1.05. The van der Waals surface area contributed by atoms with E-state index in [4.69, 9.17) is 4.74 Å². The van der Waals surface area contributed by atoms with Crippen LogP contribution in [0.15, 0.2) is 51.7 Å². The van der Waals surface area contributed by atoms with Crippen LogP contribution < -0.4 is 5.56 Å². The van der Waals surface area contributed by atoms with Crippen LogP contribution in [-0.4, -0.2) is 32.7 Å². The number of hydrogen-bond donors (Lipinski definition) is 0. The monoisotopic (exact) mass is 471 g/mol. The van der Waals surface area contributed by atoms with Gasteiger partial charge in [0.25, 0.3) is 5.56 Å². The third-order valence-electron chi connectivity index (χ3n) is 4.64. The van der Waals surface area contributed by atoms with Crippen LogP contribution in [0, 0.1) is 13.8 Å². The first-order valence-electron chi connectivity index (χ1n) is 9.55. The number of ketones is 1. The molecule has 7 nitrogen and oxygen atoms in total. The number of benzene rings is 1. The van der Waals surface area contributed by atoms with Crippen LogP contribution in [0.25, 0.3) is 5.69 Å². The van der Waals surface area contributed by atoms with E-state index in [-0.39, 0.29) is 17.0 Å². The first-order valence-corrected chi connectivity index (χ1v) is 10.3. The Labute approximate surface area is 182 Å². The van der Waals surface area contributed by atoms with Gasteiger partial charge >= 0.3 is 5.97 Å². The molecule has 0 bridgehead atoms. The van der Waals surface area contributed by atoms with E-state index in [9.17, 15) is 14.4 Å². The van der Waals surface area contributed by atoms with Gasteiger partial charge in [-0.3, -0.25) is 9.59 Å². The molecule has 8 heteroatoms. The molecule has 0 aliphatic heterocycles. The molecule has 156 valence electrons. The van der Waals surface area contributed by atoms with E-state index in [1.807, 2.05) is 49.6 Å². The van der Waals surface area contributed by atoms with Crippen molar-refractivity contribution in [3.8, 4) is 5.69 Å². The molecular weight excluding hydrogens is 450 g/mol. The highest BCUT2D eigenvalue weighted by molar-refractivity contribution is 9.10. The predicted octanol–water partition coefficient (Wildman–Crippen LogP) is 3.86. The van der Waals surface area contributed by atoms with Gasteiger partial charge in [-0.05, 0) is 50.6 Å². The number of carbonyl (C=O) groups is 2. The molecule has 30 heavy (non-hydrogen) atoms. The SMILES string of the molecule is CCCn1nc(C(=O)OCC(=O)c2cc(C)n(-c3cccc(Br)c3)c2C)ccc1=O. The minimum atomic E-state index is -0.742. The molecule has 3 aromatic rings. The third kappa shape index (κ3) is 4.59. The second kappa shape index (κ2) is 9.21. The molecule has 0 amide bonds. The van der Waals surface area contributed by atoms with E-state index in [1.54, 1.807) is 6.07 Å². The number of nitrogens with zero attached hydrogens (tertiary/aromatic N) is 3. The topological polar surface area (TPSA) is 83.2 Å². The number of carbonyl (C=O) groups excluding carboxylic acids is 2. The van der Waals surface area contributed by atoms with Crippen LogP contribution in [0.3, 0.4) is 0 Å². The van der Waals surface area contributed by atoms with Gasteiger partial charge in [-0.15, -0.1) is 0 Å². The second-order valence-electron chi connectivity index (χ2n) is 6.88. The average molecular weight is 472 g/mol. The van der Waals surface area contributed by atoms with Gasteiger partial charge in [0.15, 0.2) is 12.3 Å². The molecule has 0 atom stereocenters. The Balaban J connectivity index is 1.76. The lowest BCUT2D eigenvalue weighted by atomic mass is 10.1. The quantitative estimate of drug-likeness (QED) is 0.385. The van der Waals surface area contributed by atoms with E-state index in [0.717, 1.165) is 21.5 Å². The highest BCUT2D eigenvalue weighted by Crippen LogP contribution is 2.23. The smallest absolute Gasteiger partial charge is 0.359 e. The van der Waals surface area contributed by atoms with E-state index in [2.05, 4.69) is 21.0 Å². The first kappa shape index (κ1) is 21.7. The Morgan fingerprint density at radius 3 is 2.60 bits per heavy atom. The largest absolute Gasteiger partial charge is 0.453 e. The Kier molecular flexibility index (Phi) is 6.66. The second-order valence-corrected chi connectivity index (χ2v) is 7.80. The molecule has 3 rings (SSSR count). The lowest BCUT2D eigenvalue weighted by Gasteiger charge is -2.10. The molecule has 2 aromatic heterocycles. The average Bonchev–Trinajstić information content (AvgIpc) is 3.01. The van der Waals surface area contributed by atoms with Crippen molar-refractivity contribution in [1.82, 2.24) is 14.3 Å². The molecule has 0 spiro atoms. The standard InChI is InChI=1S/C22H22BrN3O4/c1-4-10-25-21(28)9-8-19(24-25)22(29)30-13-20(27)18-11-14(2)26(15(18)3)17-7-5-6-16(23)12-17/h5-9,11-12H,4,10,13H2,1-3H3. The maximum Gasteiger partial charge on any atom is 0.359 e. The molecular formula is C22H22BrN3O4. The predicted molar refractivity (Wildman–Crippen MR) is 116 cm³/mol. The van der Waals surface area contributed by atoms with E-state index >= 15 is 0 Å². The van der Waals surface area contributed by atoms with Gasteiger partial charge in [0.05, 0.1) is 0 Å². The zero-order valence-corrected chi connectivity index (χ0v) is 18.6. The van der Waals surface area contributed by atoms with Crippen molar-refractivity contribution >= 4 is 27.7 Å². The lowest BCUT2D eigenvalue weighted by molar-refractivity contribution is 0.0466. The minimum Gasteiger partial charge on any atom is -0.453 e. The Bertz CT molecular complexity index is 1160. The summed E-state index contributed by atoms with van der Waals surface area (Å²) in [6, 6.07) is 12.1. The summed E-state index contributed by atoms with van der Waals surface area (Å²) in [6.07, 6.45) is 0.706. The molecule has 0 saturated heterocycles. The summed E-state index contributed by atoms with van der Waals surface area (Å²) >= 11 is 3.46. The fraction of sp³-hybridized carbons (Fsp3) is 0.273. The molecule has 0 aliphatic rings. The molecule has 0 fully saturated rings. The van der Waals surface area contributed by atoms with Crippen molar-refractivity contribution in [3.63, 3.8) is 0 Å². The summed E-state index contributed by atoms with van der Waals surface area (Å²) in [5.41, 5.74) is 2.79. The van der Waals surface area contributed by atoms with Gasteiger partial charge in [-0.25, -0.2) is 9.48 Å². The molecule has 1 aromatic carbocycles. The van der Waals surface area contributed by atoms with Gasteiger partial charge in [-0.2, -0.15) is 5.10 Å². The van der Waals surface area contributed by atoms with Crippen LogP contribution in [-0.2, 0) is 11.3 Å². The molecule has 0 N–H and O–H groups in total. The minimum absolute atomic E-state index is 0.00421. The molecule has 2 heterocycles. The highest BCUT2D eigenvalue weighted by Gasteiger charge is 2.19. The number of esters is 1. The zero-order chi connectivity index (χ0) is 21.8. The van der Waals surface area contributed by atoms with Crippen molar-refractivity contribution in [2.45, 2.75) is 33.7 Å². The number of ether oxygens (including phenoxy) is 1. The van der Waals surface area contributed by atoms with Gasteiger partial charge < -0.3 is 9.30 Å². The van der Waals surface area contributed by atoms with Crippen molar-refractivity contribution in [2.24, 2.45) is 0 Å². The number of Topliss-reactive ketones (excluding diaryl/α,β-unsaturated/α-hetero) is 1. The summed E-state index contributed by atoms with van der Waals surface area (Å²) in [6.45, 7) is 5.67. The van der Waals surface area contributed by atoms with Gasteiger partial charge in [-0.1, -0.05) is 28.9 Å². The van der Waals surface area contributed by atoms with Crippen LogP contribution in [0.4, 0.5) is 0 Å². The first-order chi connectivity index (χ1) is 14.3. The van der Waals surface area contributed by atoms with Crippen LogP contribution >= 0.6 is 15.9 Å². The van der Waals surface area contributed by atoms with Crippen molar-refractivity contribution < 1.29 is 14.3 Å².